The van der Waals surface area contributed by atoms with Crippen molar-refractivity contribution >= 4 is 27.5 Å². The molecule has 1 unspecified atom stereocenters. The van der Waals surface area contributed by atoms with Crippen molar-refractivity contribution in [1.82, 2.24) is 9.55 Å². The molecule has 0 aliphatic rings. The van der Waals surface area contributed by atoms with Crippen molar-refractivity contribution in [3.05, 3.63) is 50.4 Å². The van der Waals surface area contributed by atoms with Gasteiger partial charge in [0.25, 0.3) is 5.56 Å². The molecule has 0 bridgehead atoms. The Labute approximate surface area is 168 Å². The molecule has 3 rings (SSSR count). The first-order chi connectivity index (χ1) is 13.3. The molecule has 0 spiro atoms. The lowest BCUT2D eigenvalue weighted by molar-refractivity contribution is -0.120. The number of carbonyl (C=O) groups is 1. The number of carbonyl (C=O) groups excluding carboxylic acids is 1. The maximum absolute atomic E-state index is 13.5. The molecule has 0 fully saturated rings. The van der Waals surface area contributed by atoms with E-state index in [0.717, 1.165) is 21.6 Å². The van der Waals surface area contributed by atoms with Gasteiger partial charge in [-0.1, -0.05) is 18.2 Å². The summed E-state index contributed by atoms with van der Waals surface area (Å²) >= 11 is 1.49. The van der Waals surface area contributed by atoms with Crippen molar-refractivity contribution in [2.24, 2.45) is 5.73 Å². The molecule has 0 aliphatic heterocycles. The Hall–Kier alpha value is -2.51. The largest absolute Gasteiger partial charge is 0.384 e. The average molecular weight is 400 g/mol. The van der Waals surface area contributed by atoms with Gasteiger partial charge in [0, 0.05) is 24.0 Å². The summed E-state index contributed by atoms with van der Waals surface area (Å²) < 4.78 is 6.56. The van der Waals surface area contributed by atoms with Crippen LogP contribution >= 0.6 is 11.3 Å². The highest BCUT2D eigenvalue weighted by Gasteiger charge is 2.24. The van der Waals surface area contributed by atoms with E-state index in [1.165, 1.54) is 21.5 Å². The van der Waals surface area contributed by atoms with E-state index in [4.69, 9.17) is 15.5 Å². The summed E-state index contributed by atoms with van der Waals surface area (Å²) in [6.07, 6.45) is 0.426. The Bertz CT molecular complexity index is 1110. The summed E-state index contributed by atoms with van der Waals surface area (Å²) in [6.45, 7) is 8.13. The second-order valence-electron chi connectivity index (χ2n) is 7.04. The molecule has 2 aromatic heterocycles. The fourth-order valence-corrected chi connectivity index (χ4v) is 4.41. The standard InChI is InChI=1S/C21H25N3O3S/c1-11-6-7-15(10-12(11)2)17-14(4)28-20-18(17)21(26)24(13(3)19(22)25)16(23-20)8-9-27-5/h6-7,10,13H,8-9H2,1-5H3,(H2,22,25). The second-order valence-corrected chi connectivity index (χ2v) is 8.24. The van der Waals surface area contributed by atoms with E-state index in [1.54, 1.807) is 14.0 Å². The monoisotopic (exact) mass is 399 g/mol. The quantitative estimate of drug-likeness (QED) is 0.689. The minimum Gasteiger partial charge on any atom is -0.384 e. The van der Waals surface area contributed by atoms with E-state index in [1.807, 2.05) is 13.0 Å². The molecule has 28 heavy (non-hydrogen) atoms. The first kappa shape index (κ1) is 20.2. The summed E-state index contributed by atoms with van der Waals surface area (Å²) in [5.41, 5.74) is 9.49. The highest BCUT2D eigenvalue weighted by Crippen LogP contribution is 2.36. The first-order valence-corrected chi connectivity index (χ1v) is 9.98. The summed E-state index contributed by atoms with van der Waals surface area (Å²) in [5, 5.41) is 0.542. The van der Waals surface area contributed by atoms with E-state index in [2.05, 4.69) is 26.0 Å². The maximum atomic E-state index is 13.5. The Kier molecular flexibility index (Phi) is 5.67. The Balaban J connectivity index is 2.35. The number of rotatable bonds is 6. The molecule has 0 saturated carbocycles. The summed E-state index contributed by atoms with van der Waals surface area (Å²) in [5.74, 6) is -0.0554. The lowest BCUT2D eigenvalue weighted by atomic mass is 9.99. The minimum atomic E-state index is -0.788. The minimum absolute atomic E-state index is 0.236. The molecule has 1 amide bonds. The van der Waals surface area contributed by atoms with Crippen molar-refractivity contribution < 1.29 is 9.53 Å². The predicted octanol–water partition coefficient (Wildman–Crippen LogP) is 3.29. The molecule has 2 N–H and O–H groups in total. The van der Waals surface area contributed by atoms with E-state index in [-0.39, 0.29) is 5.56 Å². The number of ether oxygens (including phenoxy) is 1. The molecule has 0 aliphatic carbocycles. The predicted molar refractivity (Wildman–Crippen MR) is 113 cm³/mol. The lowest BCUT2D eigenvalue weighted by Gasteiger charge is -2.17. The van der Waals surface area contributed by atoms with Crippen molar-refractivity contribution in [3.63, 3.8) is 0 Å². The van der Waals surface area contributed by atoms with Gasteiger partial charge in [-0.15, -0.1) is 11.3 Å². The summed E-state index contributed by atoms with van der Waals surface area (Å²) in [7, 11) is 1.59. The normalized spacial score (nSPS) is 12.5. The van der Waals surface area contributed by atoms with E-state index < -0.39 is 11.9 Å². The number of hydrogen-bond donors (Lipinski definition) is 1. The molecule has 0 radical (unpaired) electrons. The number of benzene rings is 1. The Morgan fingerprint density at radius 1 is 1.29 bits per heavy atom. The molecule has 1 aromatic carbocycles. The molecule has 2 heterocycles. The van der Waals surface area contributed by atoms with Crippen LogP contribution in [0.25, 0.3) is 21.3 Å². The zero-order valence-electron chi connectivity index (χ0n) is 16.8. The zero-order chi connectivity index (χ0) is 20.6. The van der Waals surface area contributed by atoms with Crippen LogP contribution in [0, 0.1) is 20.8 Å². The van der Waals surface area contributed by atoms with Gasteiger partial charge in [-0.3, -0.25) is 14.2 Å². The number of aromatic nitrogens is 2. The zero-order valence-corrected chi connectivity index (χ0v) is 17.6. The second kappa shape index (κ2) is 7.85. The molecule has 7 heteroatoms. The molecular weight excluding hydrogens is 374 g/mol. The molecule has 1 atom stereocenters. The smallest absolute Gasteiger partial charge is 0.263 e. The van der Waals surface area contributed by atoms with Gasteiger partial charge < -0.3 is 10.5 Å². The molecule has 0 saturated heterocycles. The van der Waals surface area contributed by atoms with Crippen molar-refractivity contribution in [3.8, 4) is 11.1 Å². The Morgan fingerprint density at radius 3 is 2.61 bits per heavy atom. The lowest BCUT2D eigenvalue weighted by Crippen LogP contribution is -2.35. The van der Waals surface area contributed by atoms with E-state index in [0.29, 0.717) is 29.1 Å². The molecule has 6 nitrogen and oxygen atoms in total. The van der Waals surface area contributed by atoms with Crippen LogP contribution in [0.2, 0.25) is 0 Å². The van der Waals surface area contributed by atoms with Crippen LogP contribution in [0.5, 0.6) is 0 Å². The van der Waals surface area contributed by atoms with Gasteiger partial charge in [0.2, 0.25) is 5.91 Å². The number of fused-ring (bicyclic) bond motifs is 1. The van der Waals surface area contributed by atoms with Crippen LogP contribution in [-0.2, 0) is 16.0 Å². The molecule has 148 valence electrons. The van der Waals surface area contributed by atoms with Gasteiger partial charge in [-0.2, -0.15) is 0 Å². The number of nitrogens with two attached hydrogens (primary N) is 1. The fraction of sp³-hybridized carbons (Fsp3) is 0.381. The van der Waals surface area contributed by atoms with Crippen LogP contribution in [0.1, 0.15) is 34.8 Å². The van der Waals surface area contributed by atoms with Gasteiger partial charge in [0.15, 0.2) is 0 Å². The molecular formula is C21H25N3O3S. The fourth-order valence-electron chi connectivity index (χ4n) is 3.36. The third kappa shape index (κ3) is 3.47. The average Bonchev–Trinajstić information content (AvgIpc) is 2.98. The number of methoxy groups -OCH3 is 1. The first-order valence-electron chi connectivity index (χ1n) is 9.16. The van der Waals surface area contributed by atoms with Gasteiger partial charge in [0.05, 0.1) is 12.0 Å². The van der Waals surface area contributed by atoms with Crippen LogP contribution in [0.15, 0.2) is 23.0 Å². The number of hydrogen-bond acceptors (Lipinski definition) is 5. The SMILES string of the molecule is COCCc1nc2sc(C)c(-c3ccc(C)c(C)c3)c2c(=O)n1C(C)C(N)=O. The number of primary amides is 1. The van der Waals surface area contributed by atoms with Crippen molar-refractivity contribution in [2.45, 2.75) is 40.2 Å². The van der Waals surface area contributed by atoms with Crippen molar-refractivity contribution in [2.75, 3.05) is 13.7 Å². The topological polar surface area (TPSA) is 87.2 Å². The maximum Gasteiger partial charge on any atom is 0.263 e. The third-order valence-electron chi connectivity index (χ3n) is 5.13. The van der Waals surface area contributed by atoms with Crippen LogP contribution in [-0.4, -0.2) is 29.2 Å². The van der Waals surface area contributed by atoms with Crippen LogP contribution < -0.4 is 11.3 Å². The number of aryl methyl sites for hydroxylation is 3. The third-order valence-corrected chi connectivity index (χ3v) is 6.13. The van der Waals surface area contributed by atoms with Crippen molar-refractivity contribution in [1.29, 1.82) is 0 Å². The van der Waals surface area contributed by atoms with Crippen LogP contribution in [0.3, 0.4) is 0 Å². The summed E-state index contributed by atoms with van der Waals surface area (Å²) in [6, 6.07) is 5.38. The number of amides is 1. The number of nitrogens with zero attached hydrogens (tertiary/aromatic N) is 2. The highest BCUT2D eigenvalue weighted by molar-refractivity contribution is 7.19. The van der Waals surface area contributed by atoms with Crippen LogP contribution in [0.4, 0.5) is 0 Å². The highest BCUT2D eigenvalue weighted by atomic mass is 32.1. The summed E-state index contributed by atoms with van der Waals surface area (Å²) in [4.78, 5) is 31.8. The van der Waals surface area contributed by atoms with Gasteiger partial charge >= 0.3 is 0 Å². The number of thiophene rings is 1. The van der Waals surface area contributed by atoms with Gasteiger partial charge in [-0.25, -0.2) is 4.98 Å². The Morgan fingerprint density at radius 2 is 2.00 bits per heavy atom. The van der Waals surface area contributed by atoms with Gasteiger partial charge in [0.1, 0.15) is 16.7 Å². The van der Waals surface area contributed by atoms with E-state index in [9.17, 15) is 9.59 Å². The van der Waals surface area contributed by atoms with Gasteiger partial charge in [-0.05, 0) is 44.4 Å². The molecule has 3 aromatic rings. The van der Waals surface area contributed by atoms with E-state index >= 15 is 0 Å².